The van der Waals surface area contributed by atoms with E-state index in [1.165, 1.54) is 0 Å². The van der Waals surface area contributed by atoms with E-state index in [9.17, 15) is 4.79 Å². The molecule has 3 nitrogen and oxygen atoms in total. The minimum absolute atomic E-state index is 0.0917. The molecule has 0 spiro atoms. The molecule has 94 valence electrons. The van der Waals surface area contributed by atoms with E-state index in [2.05, 4.69) is 15.9 Å². The van der Waals surface area contributed by atoms with Crippen LogP contribution in [0.15, 0.2) is 53.0 Å². The van der Waals surface area contributed by atoms with Crippen molar-refractivity contribution in [3.63, 3.8) is 0 Å². The summed E-state index contributed by atoms with van der Waals surface area (Å²) in [5.41, 5.74) is 1.01. The highest BCUT2D eigenvalue weighted by Crippen LogP contribution is 2.29. The van der Waals surface area contributed by atoms with Gasteiger partial charge in [0.05, 0.1) is 5.56 Å². The van der Waals surface area contributed by atoms with Gasteiger partial charge in [-0.2, -0.15) is 5.26 Å². The first-order valence-corrected chi connectivity index (χ1v) is 6.41. The fourth-order valence-electron chi connectivity index (χ4n) is 1.69. The minimum Gasteiger partial charge on any atom is -0.478 e. The van der Waals surface area contributed by atoms with Gasteiger partial charge in [0.25, 0.3) is 0 Å². The Kier molecular flexibility index (Phi) is 4.32. The number of rotatable bonds is 4. The Morgan fingerprint density at radius 1 is 1.16 bits per heavy atom. The van der Waals surface area contributed by atoms with Crippen LogP contribution in [0.4, 0.5) is 0 Å². The molecule has 0 saturated heterocycles. The zero-order chi connectivity index (χ0) is 13.7. The van der Waals surface area contributed by atoms with Gasteiger partial charge in [-0.3, -0.25) is 4.79 Å². The number of nitriles is 1. The number of carbonyl (C=O) groups excluding carboxylic acids is 1. The van der Waals surface area contributed by atoms with Gasteiger partial charge >= 0.3 is 0 Å². The van der Waals surface area contributed by atoms with Crippen LogP contribution >= 0.6 is 15.9 Å². The van der Waals surface area contributed by atoms with Crippen LogP contribution in [0.25, 0.3) is 0 Å². The van der Waals surface area contributed by atoms with Gasteiger partial charge in [0, 0.05) is 10.0 Å². The summed E-state index contributed by atoms with van der Waals surface area (Å²) in [5.74, 6) is 0.269. The van der Waals surface area contributed by atoms with E-state index in [4.69, 9.17) is 10.00 Å². The van der Waals surface area contributed by atoms with Crippen LogP contribution in [-0.2, 0) is 0 Å². The number of carbonyl (C=O) groups is 1. The molecule has 19 heavy (non-hydrogen) atoms. The molecule has 2 aromatic rings. The zero-order valence-electron chi connectivity index (χ0n) is 9.97. The van der Waals surface area contributed by atoms with Crippen molar-refractivity contribution in [2.24, 2.45) is 0 Å². The lowest BCUT2D eigenvalue weighted by molar-refractivity contribution is 0.103. The van der Waals surface area contributed by atoms with Crippen LogP contribution in [0.1, 0.15) is 15.9 Å². The van der Waals surface area contributed by atoms with Crippen molar-refractivity contribution in [3.05, 3.63) is 64.1 Å². The summed E-state index contributed by atoms with van der Waals surface area (Å²) in [7, 11) is 0. The van der Waals surface area contributed by atoms with Gasteiger partial charge in [0.15, 0.2) is 12.4 Å². The predicted octanol–water partition coefficient (Wildman–Crippen LogP) is 3.58. The Balaban J connectivity index is 2.44. The second-order valence-corrected chi connectivity index (χ2v) is 4.61. The first-order chi connectivity index (χ1) is 9.24. The van der Waals surface area contributed by atoms with Crippen molar-refractivity contribution >= 4 is 21.7 Å². The highest BCUT2D eigenvalue weighted by atomic mass is 79.9. The van der Waals surface area contributed by atoms with E-state index in [0.717, 1.165) is 0 Å². The van der Waals surface area contributed by atoms with Gasteiger partial charge in [0.2, 0.25) is 0 Å². The van der Waals surface area contributed by atoms with Crippen LogP contribution < -0.4 is 4.74 Å². The van der Waals surface area contributed by atoms with E-state index >= 15 is 0 Å². The van der Waals surface area contributed by atoms with Crippen molar-refractivity contribution in [3.8, 4) is 11.8 Å². The smallest absolute Gasteiger partial charge is 0.197 e. The molecule has 0 radical (unpaired) electrons. The lowest BCUT2D eigenvalue weighted by Gasteiger charge is -2.10. The SMILES string of the molecule is N#CCOc1cccc(Br)c1C(=O)c1ccccc1. The Morgan fingerprint density at radius 2 is 1.89 bits per heavy atom. The average Bonchev–Trinajstić information content (AvgIpc) is 2.45. The second-order valence-electron chi connectivity index (χ2n) is 3.75. The summed E-state index contributed by atoms with van der Waals surface area (Å²) < 4.78 is 5.95. The molecule has 0 heterocycles. The fraction of sp³-hybridized carbons (Fsp3) is 0.0667. The number of benzene rings is 2. The van der Waals surface area contributed by atoms with Gasteiger partial charge in [-0.15, -0.1) is 0 Å². The minimum atomic E-state index is -0.138. The Morgan fingerprint density at radius 3 is 2.58 bits per heavy atom. The van der Waals surface area contributed by atoms with Crippen molar-refractivity contribution in [2.75, 3.05) is 6.61 Å². The quantitative estimate of drug-likeness (QED) is 0.810. The van der Waals surface area contributed by atoms with Crippen molar-refractivity contribution in [1.29, 1.82) is 5.26 Å². The van der Waals surface area contributed by atoms with Gasteiger partial charge in [-0.05, 0) is 28.1 Å². The predicted molar refractivity (Wildman–Crippen MR) is 75.1 cm³/mol. The summed E-state index contributed by atoms with van der Waals surface area (Å²) in [6.07, 6.45) is 0. The van der Waals surface area contributed by atoms with E-state index in [0.29, 0.717) is 21.3 Å². The maximum atomic E-state index is 12.5. The summed E-state index contributed by atoms with van der Waals surface area (Å²) in [4.78, 5) is 12.5. The molecule has 0 aliphatic rings. The molecule has 0 N–H and O–H groups in total. The first-order valence-electron chi connectivity index (χ1n) is 5.62. The number of halogens is 1. The highest BCUT2D eigenvalue weighted by Gasteiger charge is 2.17. The lowest BCUT2D eigenvalue weighted by atomic mass is 10.0. The third-order valence-electron chi connectivity index (χ3n) is 2.53. The number of hydrogen-bond acceptors (Lipinski definition) is 3. The largest absolute Gasteiger partial charge is 0.478 e. The monoisotopic (exact) mass is 315 g/mol. The molecule has 0 aliphatic heterocycles. The third kappa shape index (κ3) is 3.01. The van der Waals surface area contributed by atoms with Crippen LogP contribution in [0.3, 0.4) is 0 Å². The number of nitrogens with zero attached hydrogens (tertiary/aromatic N) is 1. The molecule has 0 aliphatic carbocycles. The van der Waals surface area contributed by atoms with E-state index < -0.39 is 0 Å². The third-order valence-corrected chi connectivity index (χ3v) is 3.19. The topological polar surface area (TPSA) is 50.1 Å². The molecule has 0 aromatic heterocycles. The first kappa shape index (κ1) is 13.3. The summed E-state index contributed by atoms with van der Waals surface area (Å²) in [6.45, 7) is -0.0917. The second kappa shape index (κ2) is 6.17. The Labute approximate surface area is 119 Å². The number of ketones is 1. The molecule has 4 heteroatoms. The van der Waals surface area contributed by atoms with Crippen molar-refractivity contribution in [1.82, 2.24) is 0 Å². The molecule has 2 rings (SSSR count). The standard InChI is InChI=1S/C15H10BrNO2/c16-12-7-4-8-13(19-10-9-17)14(12)15(18)11-5-2-1-3-6-11/h1-8H,10H2. The Bertz CT molecular complexity index is 632. The number of ether oxygens (including phenoxy) is 1. The highest BCUT2D eigenvalue weighted by molar-refractivity contribution is 9.10. The van der Waals surface area contributed by atoms with Crippen molar-refractivity contribution < 1.29 is 9.53 Å². The maximum Gasteiger partial charge on any atom is 0.197 e. The molecular weight excluding hydrogens is 306 g/mol. The van der Waals surface area contributed by atoms with Crippen LogP contribution in [0.5, 0.6) is 5.75 Å². The van der Waals surface area contributed by atoms with Gasteiger partial charge in [0.1, 0.15) is 11.8 Å². The van der Waals surface area contributed by atoms with Crippen LogP contribution in [0.2, 0.25) is 0 Å². The maximum absolute atomic E-state index is 12.5. The molecule has 0 fully saturated rings. The number of hydrogen-bond donors (Lipinski definition) is 0. The molecular formula is C15H10BrNO2. The molecule has 0 atom stereocenters. The van der Waals surface area contributed by atoms with Crippen molar-refractivity contribution in [2.45, 2.75) is 0 Å². The normalized spacial score (nSPS) is 9.68. The fourth-order valence-corrected chi connectivity index (χ4v) is 2.22. The molecule has 0 saturated carbocycles. The average molecular weight is 316 g/mol. The molecule has 0 unspecified atom stereocenters. The summed E-state index contributed by atoms with van der Waals surface area (Å²) in [6, 6.07) is 16.1. The van der Waals surface area contributed by atoms with E-state index in [-0.39, 0.29) is 12.4 Å². The zero-order valence-corrected chi connectivity index (χ0v) is 11.6. The summed E-state index contributed by atoms with van der Waals surface area (Å²) in [5, 5.41) is 8.57. The lowest BCUT2D eigenvalue weighted by Crippen LogP contribution is -2.06. The van der Waals surface area contributed by atoms with E-state index in [1.54, 1.807) is 42.5 Å². The van der Waals surface area contributed by atoms with Crippen LogP contribution in [0, 0.1) is 11.3 Å². The molecule has 0 bridgehead atoms. The molecule has 0 amide bonds. The van der Waals surface area contributed by atoms with E-state index in [1.807, 2.05) is 12.1 Å². The van der Waals surface area contributed by atoms with Gasteiger partial charge in [-0.1, -0.05) is 36.4 Å². The molecule has 2 aromatic carbocycles. The summed E-state index contributed by atoms with van der Waals surface area (Å²) >= 11 is 3.35. The van der Waals surface area contributed by atoms with Gasteiger partial charge < -0.3 is 4.74 Å². The van der Waals surface area contributed by atoms with Crippen LogP contribution in [-0.4, -0.2) is 12.4 Å². The Hall–Kier alpha value is -2.12. The van der Waals surface area contributed by atoms with Gasteiger partial charge in [-0.25, -0.2) is 0 Å².